The molecule has 0 saturated heterocycles. The molecule has 0 radical (unpaired) electrons. The topological polar surface area (TPSA) is 92.6 Å². The van der Waals surface area contributed by atoms with Crippen LogP contribution >= 0.6 is 0 Å². The molecule has 2 atom stereocenters. The number of nitrogens with one attached hydrogen (secondary N) is 1. The molecule has 1 N–H and O–H groups in total. The van der Waals surface area contributed by atoms with Gasteiger partial charge in [-0.3, -0.25) is 19.7 Å². The lowest BCUT2D eigenvalue weighted by molar-refractivity contribution is -0.385. The van der Waals surface area contributed by atoms with Gasteiger partial charge in [0.2, 0.25) is 11.8 Å². The number of carbonyl (C=O) groups is 2. The third-order valence-corrected chi connectivity index (χ3v) is 5.18. The van der Waals surface area contributed by atoms with Crippen LogP contribution in [0, 0.1) is 15.9 Å². The number of hydrogen-bond donors (Lipinski definition) is 1. The van der Waals surface area contributed by atoms with Crippen molar-refractivity contribution in [2.24, 2.45) is 0 Å². The number of nitro groups is 1. The summed E-state index contributed by atoms with van der Waals surface area (Å²) in [6.07, 6.45) is 0.891. The molecule has 8 heteroatoms. The molecule has 2 aromatic rings. The molecule has 166 valence electrons. The Morgan fingerprint density at radius 3 is 2.32 bits per heavy atom. The van der Waals surface area contributed by atoms with Crippen molar-refractivity contribution in [3.05, 3.63) is 75.6 Å². The minimum absolute atomic E-state index is 0.0560. The summed E-state index contributed by atoms with van der Waals surface area (Å²) in [6, 6.07) is 10.9. The van der Waals surface area contributed by atoms with E-state index in [9.17, 15) is 24.1 Å². The molecule has 2 amide bonds. The van der Waals surface area contributed by atoms with Crippen molar-refractivity contribution in [1.82, 2.24) is 10.2 Å². The summed E-state index contributed by atoms with van der Waals surface area (Å²) >= 11 is 0. The normalized spacial score (nSPS) is 12.6. The van der Waals surface area contributed by atoms with Crippen LogP contribution in [-0.4, -0.2) is 33.7 Å². The standard InChI is InChI=1S/C23H28FN3O4/c1-4-16(3)25-23(29)20(5-2)26(15-17-10-12-19(24)13-11-17)22(28)14-18-8-6-7-9-21(18)27(30)31/h6-13,16,20H,4-5,14-15H2,1-3H3,(H,25,29)/t16-,20+/m0/s1. The maximum atomic E-state index is 13.3. The van der Waals surface area contributed by atoms with E-state index in [0.29, 0.717) is 12.0 Å². The minimum Gasteiger partial charge on any atom is -0.352 e. The van der Waals surface area contributed by atoms with Crippen LogP contribution in [0.3, 0.4) is 0 Å². The van der Waals surface area contributed by atoms with Crippen LogP contribution < -0.4 is 5.32 Å². The van der Waals surface area contributed by atoms with Gasteiger partial charge in [-0.15, -0.1) is 0 Å². The highest BCUT2D eigenvalue weighted by Gasteiger charge is 2.30. The number of rotatable bonds is 10. The third kappa shape index (κ3) is 6.60. The average molecular weight is 429 g/mol. The molecular formula is C23H28FN3O4. The molecule has 2 aromatic carbocycles. The van der Waals surface area contributed by atoms with Gasteiger partial charge in [0.1, 0.15) is 11.9 Å². The van der Waals surface area contributed by atoms with Crippen molar-refractivity contribution < 1.29 is 18.9 Å². The zero-order valence-electron chi connectivity index (χ0n) is 18.0. The Morgan fingerprint density at radius 2 is 1.74 bits per heavy atom. The zero-order chi connectivity index (χ0) is 23.0. The number of nitrogens with zero attached hydrogens (tertiary/aromatic N) is 2. The highest BCUT2D eigenvalue weighted by Crippen LogP contribution is 2.21. The van der Waals surface area contributed by atoms with Gasteiger partial charge in [0, 0.05) is 24.2 Å². The molecule has 2 rings (SSSR count). The molecule has 0 saturated carbocycles. The summed E-state index contributed by atoms with van der Waals surface area (Å²) in [5.74, 6) is -1.09. The third-order valence-electron chi connectivity index (χ3n) is 5.18. The van der Waals surface area contributed by atoms with Gasteiger partial charge in [-0.2, -0.15) is 0 Å². The van der Waals surface area contributed by atoms with Crippen LogP contribution in [0.15, 0.2) is 48.5 Å². The van der Waals surface area contributed by atoms with E-state index in [2.05, 4.69) is 5.32 Å². The lowest BCUT2D eigenvalue weighted by Crippen LogP contribution is -2.51. The maximum Gasteiger partial charge on any atom is 0.273 e. The highest BCUT2D eigenvalue weighted by atomic mass is 19.1. The number of benzene rings is 2. The monoisotopic (exact) mass is 429 g/mol. The number of carbonyl (C=O) groups excluding carboxylic acids is 2. The molecule has 0 aliphatic heterocycles. The second-order valence-corrected chi connectivity index (χ2v) is 7.45. The molecule has 0 aliphatic rings. The predicted molar refractivity (Wildman–Crippen MR) is 116 cm³/mol. The van der Waals surface area contributed by atoms with E-state index in [-0.39, 0.29) is 36.2 Å². The molecule has 0 fully saturated rings. The van der Waals surface area contributed by atoms with Gasteiger partial charge < -0.3 is 10.2 Å². The van der Waals surface area contributed by atoms with E-state index < -0.39 is 22.7 Å². The number of hydrogen-bond acceptors (Lipinski definition) is 4. The average Bonchev–Trinajstić information content (AvgIpc) is 2.75. The van der Waals surface area contributed by atoms with E-state index in [1.54, 1.807) is 25.1 Å². The lowest BCUT2D eigenvalue weighted by atomic mass is 10.0. The smallest absolute Gasteiger partial charge is 0.273 e. The molecule has 7 nitrogen and oxygen atoms in total. The number of para-hydroxylation sites is 1. The summed E-state index contributed by atoms with van der Waals surface area (Å²) < 4.78 is 13.3. The largest absolute Gasteiger partial charge is 0.352 e. The Hall–Kier alpha value is -3.29. The highest BCUT2D eigenvalue weighted by molar-refractivity contribution is 5.89. The Labute approximate surface area is 181 Å². The van der Waals surface area contributed by atoms with Crippen molar-refractivity contribution in [2.75, 3.05) is 0 Å². The van der Waals surface area contributed by atoms with Crippen LogP contribution in [0.4, 0.5) is 10.1 Å². The van der Waals surface area contributed by atoms with Gasteiger partial charge in [0.25, 0.3) is 5.69 Å². The van der Waals surface area contributed by atoms with E-state index in [0.717, 1.165) is 6.42 Å². The zero-order valence-corrected chi connectivity index (χ0v) is 18.0. The van der Waals surface area contributed by atoms with Crippen molar-refractivity contribution in [2.45, 2.75) is 58.7 Å². The summed E-state index contributed by atoms with van der Waals surface area (Å²) in [5, 5.41) is 14.2. The first-order chi connectivity index (χ1) is 14.8. The van der Waals surface area contributed by atoms with Gasteiger partial charge >= 0.3 is 0 Å². The quantitative estimate of drug-likeness (QED) is 0.456. The maximum absolute atomic E-state index is 13.3. The molecule has 0 unspecified atom stereocenters. The van der Waals surface area contributed by atoms with Gasteiger partial charge in [-0.05, 0) is 37.5 Å². The Kier molecular flexibility index (Phi) is 8.66. The van der Waals surface area contributed by atoms with Crippen LogP contribution in [0.5, 0.6) is 0 Å². The van der Waals surface area contributed by atoms with Gasteiger partial charge in [-0.1, -0.05) is 44.2 Å². The summed E-state index contributed by atoms with van der Waals surface area (Å²) in [7, 11) is 0. The number of halogens is 1. The first-order valence-electron chi connectivity index (χ1n) is 10.3. The van der Waals surface area contributed by atoms with Crippen LogP contribution in [0.1, 0.15) is 44.7 Å². The van der Waals surface area contributed by atoms with E-state index in [1.165, 1.54) is 35.2 Å². The Morgan fingerprint density at radius 1 is 1.10 bits per heavy atom. The lowest BCUT2D eigenvalue weighted by Gasteiger charge is -2.31. The molecule has 0 spiro atoms. The second kappa shape index (κ2) is 11.2. The second-order valence-electron chi connectivity index (χ2n) is 7.45. The Balaban J connectivity index is 2.35. The fourth-order valence-corrected chi connectivity index (χ4v) is 3.25. The predicted octanol–water partition coefficient (Wildman–Crippen LogP) is 4.00. The van der Waals surface area contributed by atoms with Crippen molar-refractivity contribution in [3.63, 3.8) is 0 Å². The SMILES string of the molecule is CC[C@H](C(=O)N[C@@H](C)CC)N(Cc1ccc(F)cc1)C(=O)Cc1ccccc1[N+](=O)[O-]. The molecule has 31 heavy (non-hydrogen) atoms. The van der Waals surface area contributed by atoms with Crippen molar-refractivity contribution >= 4 is 17.5 Å². The Bertz CT molecular complexity index is 917. The van der Waals surface area contributed by atoms with Gasteiger partial charge in [-0.25, -0.2) is 4.39 Å². The molecule has 0 bridgehead atoms. The van der Waals surface area contributed by atoms with Crippen molar-refractivity contribution in [3.8, 4) is 0 Å². The van der Waals surface area contributed by atoms with E-state index >= 15 is 0 Å². The summed E-state index contributed by atoms with van der Waals surface area (Å²) in [4.78, 5) is 38.4. The molecule has 0 aliphatic carbocycles. The summed E-state index contributed by atoms with van der Waals surface area (Å²) in [6.45, 7) is 5.72. The van der Waals surface area contributed by atoms with Crippen LogP contribution in [-0.2, 0) is 22.6 Å². The molecule has 0 aromatic heterocycles. The first kappa shape index (κ1) is 24.0. The van der Waals surface area contributed by atoms with Crippen molar-refractivity contribution in [1.29, 1.82) is 0 Å². The van der Waals surface area contributed by atoms with Crippen LogP contribution in [0.25, 0.3) is 0 Å². The van der Waals surface area contributed by atoms with Crippen LogP contribution in [0.2, 0.25) is 0 Å². The first-order valence-corrected chi connectivity index (χ1v) is 10.3. The molecular weight excluding hydrogens is 401 g/mol. The minimum atomic E-state index is -0.755. The number of nitro benzene ring substituents is 1. The van der Waals surface area contributed by atoms with E-state index in [1.807, 2.05) is 13.8 Å². The number of amides is 2. The van der Waals surface area contributed by atoms with E-state index in [4.69, 9.17) is 0 Å². The fourth-order valence-electron chi connectivity index (χ4n) is 3.25. The fraction of sp³-hybridized carbons (Fsp3) is 0.391. The van der Waals surface area contributed by atoms with Gasteiger partial charge in [0.15, 0.2) is 0 Å². The molecule has 0 heterocycles. The van der Waals surface area contributed by atoms with Gasteiger partial charge in [0.05, 0.1) is 11.3 Å². The summed E-state index contributed by atoms with van der Waals surface area (Å²) in [5.41, 5.74) is 0.792.